The largest absolute Gasteiger partial charge is 0.347 e. The number of carbonyl (C=O) groups excluding carboxylic acids is 1. The fourth-order valence-electron chi connectivity index (χ4n) is 4.83. The zero-order valence-electron chi connectivity index (χ0n) is 17.8. The lowest BCUT2D eigenvalue weighted by Gasteiger charge is -2.39. The van der Waals surface area contributed by atoms with Crippen LogP contribution in [0.1, 0.15) is 60.8 Å². The normalized spacial score (nSPS) is 17.9. The lowest BCUT2D eigenvalue weighted by atomic mass is 9.79. The van der Waals surface area contributed by atoms with E-state index in [2.05, 4.69) is 35.0 Å². The van der Waals surface area contributed by atoms with Gasteiger partial charge in [0, 0.05) is 36.1 Å². The standard InChI is InChI=1S/C26H29N3OS/c27-17-20-8-9-22-18-29(19-23(22)16-20)15-14-26(12-4-1-5-13-26)28-25(30)11-10-21-6-2-3-7-24(21)31/h2-3,6-11,16,31H,1,4-5,12-15,18-19H2,(H,28,30)/b11-10+. The SMILES string of the molecule is N#Cc1ccc2c(c1)CN(CCC1(NC(=O)/C=C/c3ccccc3S)CCCCC1)C2. The third-order valence-electron chi connectivity index (χ3n) is 6.58. The van der Waals surface area contributed by atoms with Crippen LogP contribution in [0.5, 0.6) is 0 Å². The van der Waals surface area contributed by atoms with E-state index in [1.54, 1.807) is 6.08 Å². The Morgan fingerprint density at radius 1 is 1.13 bits per heavy atom. The summed E-state index contributed by atoms with van der Waals surface area (Å²) in [6.45, 7) is 2.75. The number of hydrogen-bond donors (Lipinski definition) is 2. The molecule has 5 heteroatoms. The number of carbonyl (C=O) groups is 1. The first kappa shape index (κ1) is 21.7. The van der Waals surface area contributed by atoms with E-state index >= 15 is 0 Å². The zero-order chi connectivity index (χ0) is 21.7. The van der Waals surface area contributed by atoms with Gasteiger partial charge in [-0.1, -0.05) is 43.5 Å². The molecule has 0 unspecified atom stereocenters. The first-order valence-corrected chi connectivity index (χ1v) is 11.5. The Labute approximate surface area is 190 Å². The highest BCUT2D eigenvalue weighted by Crippen LogP contribution is 2.33. The van der Waals surface area contributed by atoms with E-state index in [9.17, 15) is 4.79 Å². The monoisotopic (exact) mass is 431 g/mol. The van der Waals surface area contributed by atoms with Crippen molar-refractivity contribution in [2.24, 2.45) is 0 Å². The van der Waals surface area contributed by atoms with Gasteiger partial charge < -0.3 is 5.32 Å². The third-order valence-corrected chi connectivity index (χ3v) is 6.99. The van der Waals surface area contributed by atoms with Gasteiger partial charge in [-0.05, 0) is 60.2 Å². The second kappa shape index (κ2) is 9.72. The van der Waals surface area contributed by atoms with Gasteiger partial charge >= 0.3 is 0 Å². The van der Waals surface area contributed by atoms with E-state index in [4.69, 9.17) is 5.26 Å². The van der Waals surface area contributed by atoms with Crippen molar-refractivity contribution in [3.63, 3.8) is 0 Å². The molecule has 0 saturated heterocycles. The van der Waals surface area contributed by atoms with Crippen molar-refractivity contribution in [3.8, 4) is 6.07 Å². The summed E-state index contributed by atoms with van der Waals surface area (Å²) in [6.07, 6.45) is 10.1. The average Bonchev–Trinajstić information content (AvgIpc) is 3.20. The summed E-state index contributed by atoms with van der Waals surface area (Å²) in [6, 6.07) is 16.0. The molecule has 1 fully saturated rings. The number of amides is 1. The predicted molar refractivity (Wildman–Crippen MR) is 127 cm³/mol. The number of rotatable bonds is 6. The van der Waals surface area contributed by atoms with Crippen LogP contribution in [-0.4, -0.2) is 22.9 Å². The van der Waals surface area contributed by atoms with Crippen LogP contribution in [0, 0.1) is 11.3 Å². The molecule has 160 valence electrons. The molecule has 0 spiro atoms. The van der Waals surface area contributed by atoms with Crippen LogP contribution < -0.4 is 5.32 Å². The fourth-order valence-corrected chi connectivity index (χ4v) is 5.06. The summed E-state index contributed by atoms with van der Waals surface area (Å²) in [4.78, 5) is 16.1. The van der Waals surface area contributed by atoms with E-state index in [0.29, 0.717) is 0 Å². The number of nitriles is 1. The van der Waals surface area contributed by atoms with Gasteiger partial charge in [-0.3, -0.25) is 9.69 Å². The third kappa shape index (κ3) is 5.39. The highest BCUT2D eigenvalue weighted by atomic mass is 32.1. The number of nitrogens with zero attached hydrogens (tertiary/aromatic N) is 2. The lowest BCUT2D eigenvalue weighted by molar-refractivity contribution is -0.118. The summed E-state index contributed by atoms with van der Waals surface area (Å²) in [5, 5.41) is 12.5. The molecule has 1 saturated carbocycles. The van der Waals surface area contributed by atoms with E-state index in [1.165, 1.54) is 17.5 Å². The Hall–Kier alpha value is -2.55. The zero-order valence-corrected chi connectivity index (χ0v) is 18.7. The maximum Gasteiger partial charge on any atom is 0.244 e. The number of nitrogens with one attached hydrogen (secondary N) is 1. The van der Waals surface area contributed by atoms with Crippen molar-refractivity contribution in [1.29, 1.82) is 5.26 Å². The topological polar surface area (TPSA) is 56.1 Å². The van der Waals surface area contributed by atoms with Gasteiger partial charge in [-0.15, -0.1) is 12.6 Å². The van der Waals surface area contributed by atoms with Gasteiger partial charge in [-0.2, -0.15) is 5.26 Å². The highest BCUT2D eigenvalue weighted by Gasteiger charge is 2.34. The van der Waals surface area contributed by atoms with E-state index < -0.39 is 0 Å². The van der Waals surface area contributed by atoms with Crippen LogP contribution in [0.3, 0.4) is 0 Å². The maximum absolute atomic E-state index is 12.8. The molecule has 1 aliphatic carbocycles. The minimum Gasteiger partial charge on any atom is -0.347 e. The number of fused-ring (bicyclic) bond motifs is 1. The van der Waals surface area contributed by atoms with Crippen LogP contribution >= 0.6 is 12.6 Å². The number of hydrogen-bond acceptors (Lipinski definition) is 4. The Kier molecular flexibility index (Phi) is 6.80. The van der Waals surface area contributed by atoms with Gasteiger partial charge in [0.25, 0.3) is 0 Å². The Morgan fingerprint density at radius 2 is 1.90 bits per heavy atom. The van der Waals surface area contributed by atoms with Gasteiger partial charge in [0.2, 0.25) is 5.91 Å². The Balaban J connectivity index is 1.38. The molecule has 1 aliphatic heterocycles. The van der Waals surface area contributed by atoms with Crippen molar-refractivity contribution in [2.75, 3.05) is 6.54 Å². The van der Waals surface area contributed by atoms with Crippen LogP contribution in [0.4, 0.5) is 0 Å². The molecular formula is C26H29N3OS. The number of benzene rings is 2. The van der Waals surface area contributed by atoms with Gasteiger partial charge in [0.1, 0.15) is 0 Å². The van der Waals surface area contributed by atoms with Crippen molar-refractivity contribution in [2.45, 2.75) is 62.0 Å². The first-order chi connectivity index (χ1) is 15.1. The molecular weight excluding hydrogens is 402 g/mol. The summed E-state index contributed by atoms with van der Waals surface area (Å²) in [7, 11) is 0. The van der Waals surface area contributed by atoms with Crippen molar-refractivity contribution < 1.29 is 4.79 Å². The highest BCUT2D eigenvalue weighted by molar-refractivity contribution is 7.80. The fraction of sp³-hybridized carbons (Fsp3) is 0.385. The van der Waals surface area contributed by atoms with Gasteiger partial charge in [-0.25, -0.2) is 0 Å². The summed E-state index contributed by atoms with van der Waals surface area (Å²) < 4.78 is 0. The molecule has 31 heavy (non-hydrogen) atoms. The lowest BCUT2D eigenvalue weighted by Crippen LogP contribution is -2.50. The smallest absolute Gasteiger partial charge is 0.244 e. The van der Waals surface area contributed by atoms with E-state index in [-0.39, 0.29) is 11.4 Å². The molecule has 1 amide bonds. The molecule has 0 atom stereocenters. The van der Waals surface area contributed by atoms with Crippen LogP contribution in [0.15, 0.2) is 53.4 Å². The van der Waals surface area contributed by atoms with Crippen molar-refractivity contribution in [1.82, 2.24) is 10.2 Å². The molecule has 1 N–H and O–H groups in total. The van der Waals surface area contributed by atoms with Crippen LogP contribution in [-0.2, 0) is 17.9 Å². The minimum absolute atomic E-state index is 0.0261. The second-order valence-electron chi connectivity index (χ2n) is 8.78. The second-order valence-corrected chi connectivity index (χ2v) is 9.26. The molecule has 0 radical (unpaired) electrons. The summed E-state index contributed by atoms with van der Waals surface area (Å²) >= 11 is 4.46. The first-order valence-electron chi connectivity index (χ1n) is 11.1. The molecule has 0 bridgehead atoms. The van der Waals surface area contributed by atoms with Crippen molar-refractivity contribution in [3.05, 3.63) is 70.8 Å². The molecule has 2 aromatic rings. The average molecular weight is 432 g/mol. The Bertz CT molecular complexity index is 1020. The summed E-state index contributed by atoms with van der Waals surface area (Å²) in [5.41, 5.74) is 4.12. The predicted octanol–water partition coefficient (Wildman–Crippen LogP) is 5.09. The van der Waals surface area contributed by atoms with Gasteiger partial charge in [0.05, 0.1) is 11.6 Å². The molecule has 2 aliphatic rings. The van der Waals surface area contributed by atoms with Crippen LogP contribution in [0.2, 0.25) is 0 Å². The minimum atomic E-state index is -0.132. The van der Waals surface area contributed by atoms with Gasteiger partial charge in [0.15, 0.2) is 0 Å². The molecule has 4 nitrogen and oxygen atoms in total. The van der Waals surface area contributed by atoms with E-state index in [1.807, 2.05) is 42.5 Å². The maximum atomic E-state index is 12.8. The summed E-state index contributed by atoms with van der Waals surface area (Å²) in [5.74, 6) is -0.0261. The van der Waals surface area contributed by atoms with E-state index in [0.717, 1.165) is 67.8 Å². The van der Waals surface area contributed by atoms with Crippen LogP contribution in [0.25, 0.3) is 6.08 Å². The van der Waals surface area contributed by atoms with Crippen molar-refractivity contribution >= 4 is 24.6 Å². The molecule has 2 aromatic carbocycles. The quantitative estimate of drug-likeness (QED) is 0.495. The Morgan fingerprint density at radius 3 is 2.68 bits per heavy atom. The number of thiol groups is 1. The molecule has 0 aromatic heterocycles. The molecule has 4 rings (SSSR count). The molecule has 1 heterocycles.